The van der Waals surface area contributed by atoms with Crippen LogP contribution in [-0.2, 0) is 7.05 Å². The first-order valence-electron chi connectivity index (χ1n) is 4.27. The third-order valence-corrected chi connectivity index (χ3v) is 1.95. The number of aryl methyl sites for hydroxylation is 1. The molecule has 0 radical (unpaired) electrons. The maximum atomic E-state index is 10.1. The molecule has 0 aliphatic carbocycles. The van der Waals surface area contributed by atoms with E-state index in [1.165, 1.54) is 4.68 Å². The van der Waals surface area contributed by atoms with E-state index in [2.05, 4.69) is 15.7 Å². The molecule has 76 valence electrons. The Morgan fingerprint density at radius 3 is 2.73 bits per heavy atom. The van der Waals surface area contributed by atoms with Gasteiger partial charge in [0.05, 0.1) is 5.56 Å². The van der Waals surface area contributed by atoms with E-state index in [1.807, 2.05) is 30.3 Å². The molecule has 0 amide bonds. The minimum atomic E-state index is 0.110. The van der Waals surface area contributed by atoms with Gasteiger partial charge in [-0.05, 0) is 16.8 Å². The summed E-state index contributed by atoms with van der Waals surface area (Å²) >= 11 is 0. The number of aromatic nitrogens is 2. The van der Waals surface area contributed by atoms with Gasteiger partial charge in [-0.3, -0.25) is 4.52 Å². The van der Waals surface area contributed by atoms with Gasteiger partial charge >= 0.3 is 11.6 Å². The van der Waals surface area contributed by atoms with Crippen molar-refractivity contribution in [1.82, 2.24) is 5.27 Å². The fourth-order valence-electron chi connectivity index (χ4n) is 1.33. The molecule has 1 heterocycles. The van der Waals surface area contributed by atoms with Gasteiger partial charge in [0.1, 0.15) is 0 Å². The van der Waals surface area contributed by atoms with Crippen molar-refractivity contribution in [1.29, 1.82) is 0 Å². The highest BCUT2D eigenvalue weighted by Gasteiger charge is 2.22. The summed E-state index contributed by atoms with van der Waals surface area (Å²) in [5.41, 5.74) is 1.49. The van der Waals surface area contributed by atoms with Crippen molar-refractivity contribution in [2.75, 3.05) is 0 Å². The van der Waals surface area contributed by atoms with Crippen LogP contribution < -0.4 is 4.68 Å². The van der Waals surface area contributed by atoms with E-state index in [9.17, 15) is 5.21 Å². The van der Waals surface area contributed by atoms with Gasteiger partial charge in [0.25, 0.3) is 0 Å². The van der Waals surface area contributed by atoms with Crippen molar-refractivity contribution in [3.63, 3.8) is 0 Å². The Labute approximate surface area is 85.4 Å². The van der Waals surface area contributed by atoms with Crippen LogP contribution in [0, 0.1) is 5.21 Å². The fraction of sp³-hybridized carbons (Fsp3) is 0.111. The van der Waals surface area contributed by atoms with E-state index >= 15 is 0 Å². The predicted molar refractivity (Wildman–Crippen MR) is 51.0 cm³/mol. The highest BCUT2D eigenvalue weighted by molar-refractivity contribution is 5.64. The molecule has 0 fully saturated rings. The average molecular weight is 204 g/mol. The third kappa shape index (κ3) is 1.69. The van der Waals surface area contributed by atoms with E-state index in [0.29, 0.717) is 5.69 Å². The molecular formula is C9H8N4O2. The molecule has 6 nitrogen and oxygen atoms in total. The summed E-state index contributed by atoms with van der Waals surface area (Å²) in [6.45, 7) is 0. The topological polar surface area (TPSA) is 77.7 Å². The van der Waals surface area contributed by atoms with E-state index in [-0.39, 0.29) is 5.88 Å². The summed E-state index contributed by atoms with van der Waals surface area (Å²) in [5.74, 6) is 0.110. The van der Waals surface area contributed by atoms with Crippen molar-refractivity contribution in [3.05, 3.63) is 35.5 Å². The highest BCUT2D eigenvalue weighted by Crippen LogP contribution is 2.25. The van der Waals surface area contributed by atoms with Gasteiger partial charge in [0.15, 0.2) is 7.05 Å². The van der Waals surface area contributed by atoms with Crippen molar-refractivity contribution in [2.45, 2.75) is 0 Å². The Morgan fingerprint density at radius 1 is 1.33 bits per heavy atom. The van der Waals surface area contributed by atoms with Gasteiger partial charge in [0, 0.05) is 0 Å². The SMILES string of the molecule is C[n+]1noc(/N=N/[O-])c1-c1ccccc1. The van der Waals surface area contributed by atoms with Gasteiger partial charge in [-0.15, -0.1) is 5.11 Å². The molecule has 6 heteroatoms. The molecule has 15 heavy (non-hydrogen) atoms. The van der Waals surface area contributed by atoms with Crippen LogP contribution in [0.2, 0.25) is 0 Å². The lowest BCUT2D eigenvalue weighted by atomic mass is 10.1. The second-order valence-electron chi connectivity index (χ2n) is 2.90. The van der Waals surface area contributed by atoms with Crippen LogP contribution in [-0.4, -0.2) is 5.27 Å². The Morgan fingerprint density at radius 2 is 2.07 bits per heavy atom. The van der Waals surface area contributed by atoms with Crippen molar-refractivity contribution in [3.8, 4) is 11.3 Å². The summed E-state index contributed by atoms with van der Waals surface area (Å²) in [6.07, 6.45) is 0. The van der Waals surface area contributed by atoms with Crippen LogP contribution in [0.3, 0.4) is 0 Å². The molecule has 0 N–H and O–H groups in total. The zero-order valence-corrected chi connectivity index (χ0v) is 7.99. The monoisotopic (exact) mass is 204 g/mol. The minimum Gasteiger partial charge on any atom is -0.775 e. The quantitative estimate of drug-likeness (QED) is 0.424. The molecule has 2 aromatic rings. The molecule has 0 saturated carbocycles. The standard InChI is InChI=1S/C9H8N4O2/c1-13-8(7-5-3-2-4-6-7)9(10-11-14)15-12-13/h2-6H,1H3. The van der Waals surface area contributed by atoms with Crippen molar-refractivity contribution in [2.24, 2.45) is 17.4 Å². The second kappa shape index (κ2) is 3.87. The largest absolute Gasteiger partial charge is 0.775 e. The predicted octanol–water partition coefficient (Wildman–Crippen LogP) is 1.75. The Balaban J connectivity index is 2.56. The molecule has 0 atom stereocenters. The first-order valence-corrected chi connectivity index (χ1v) is 4.27. The summed E-state index contributed by atoms with van der Waals surface area (Å²) in [7, 11) is 1.70. The molecule has 0 unspecified atom stereocenters. The van der Waals surface area contributed by atoms with Crippen LogP contribution in [0.5, 0.6) is 0 Å². The number of nitrogens with zero attached hydrogens (tertiary/aromatic N) is 4. The minimum absolute atomic E-state index is 0.110. The Kier molecular flexibility index (Phi) is 2.40. The van der Waals surface area contributed by atoms with Gasteiger partial charge in [-0.1, -0.05) is 18.2 Å². The lowest BCUT2D eigenvalue weighted by Crippen LogP contribution is -2.31. The second-order valence-corrected chi connectivity index (χ2v) is 2.90. The van der Waals surface area contributed by atoms with Crippen LogP contribution in [0.4, 0.5) is 5.88 Å². The zero-order chi connectivity index (χ0) is 10.7. The van der Waals surface area contributed by atoms with E-state index in [0.717, 1.165) is 5.56 Å². The number of rotatable bonds is 2. The smallest absolute Gasteiger partial charge is 0.347 e. The van der Waals surface area contributed by atoms with Crippen molar-refractivity contribution < 1.29 is 9.20 Å². The van der Waals surface area contributed by atoms with Gasteiger partial charge in [0.2, 0.25) is 5.27 Å². The van der Waals surface area contributed by atoms with Gasteiger partial charge < -0.3 is 5.21 Å². The summed E-state index contributed by atoms with van der Waals surface area (Å²) in [4.78, 5) is 0. The van der Waals surface area contributed by atoms with Crippen LogP contribution in [0.25, 0.3) is 11.3 Å². The van der Waals surface area contributed by atoms with E-state index in [4.69, 9.17) is 4.52 Å². The van der Waals surface area contributed by atoms with E-state index in [1.54, 1.807) is 7.05 Å². The molecule has 0 bridgehead atoms. The zero-order valence-electron chi connectivity index (χ0n) is 7.99. The molecule has 2 rings (SSSR count). The molecule has 0 spiro atoms. The van der Waals surface area contributed by atoms with E-state index < -0.39 is 0 Å². The molecule has 0 saturated heterocycles. The highest BCUT2D eigenvalue weighted by atomic mass is 16.5. The molecule has 1 aromatic heterocycles. The molecular weight excluding hydrogens is 196 g/mol. The number of benzene rings is 1. The molecule has 1 aromatic carbocycles. The van der Waals surface area contributed by atoms with Gasteiger partial charge in [-0.25, -0.2) is 5.28 Å². The summed E-state index contributed by atoms with van der Waals surface area (Å²) in [5, 5.41) is 19.5. The summed E-state index contributed by atoms with van der Waals surface area (Å²) < 4.78 is 6.34. The first-order chi connectivity index (χ1) is 7.33. The van der Waals surface area contributed by atoms with Gasteiger partial charge in [-0.2, -0.15) is 0 Å². The number of hydrogen-bond donors (Lipinski definition) is 0. The Hall–Kier alpha value is -2.24. The first kappa shape index (κ1) is 9.32. The van der Waals surface area contributed by atoms with Crippen LogP contribution in [0.15, 0.2) is 45.2 Å². The maximum absolute atomic E-state index is 10.1. The molecule has 0 aliphatic heterocycles. The summed E-state index contributed by atoms with van der Waals surface area (Å²) in [6, 6.07) is 9.39. The lowest BCUT2D eigenvalue weighted by molar-refractivity contribution is -0.730. The average Bonchev–Trinajstić information content (AvgIpc) is 2.62. The Bertz CT molecular complexity index is 478. The van der Waals surface area contributed by atoms with Crippen LogP contribution in [0.1, 0.15) is 0 Å². The fourth-order valence-corrected chi connectivity index (χ4v) is 1.33. The number of hydrogen-bond acceptors (Lipinski definition) is 5. The normalized spacial score (nSPS) is 11.0. The molecule has 0 aliphatic rings. The van der Waals surface area contributed by atoms with Crippen molar-refractivity contribution >= 4 is 5.88 Å². The lowest BCUT2D eigenvalue weighted by Gasteiger charge is -1.92. The van der Waals surface area contributed by atoms with Crippen LogP contribution >= 0.6 is 0 Å². The maximum Gasteiger partial charge on any atom is 0.347 e. The third-order valence-electron chi connectivity index (χ3n) is 1.95.